The van der Waals surface area contributed by atoms with Crippen molar-refractivity contribution < 1.29 is 27.8 Å². The third kappa shape index (κ3) is 5.34. The van der Waals surface area contributed by atoms with Crippen molar-refractivity contribution in [3.63, 3.8) is 0 Å². The first-order valence-corrected chi connectivity index (χ1v) is 4.89. The first-order chi connectivity index (χ1) is 6.99. The number of alkyl halides is 3. The highest BCUT2D eigenvalue weighted by molar-refractivity contribution is 4.71. The fourth-order valence-corrected chi connectivity index (χ4v) is 1.50. The van der Waals surface area contributed by atoms with Gasteiger partial charge >= 0.3 is 6.18 Å². The Labute approximate surface area is 86.2 Å². The van der Waals surface area contributed by atoms with E-state index in [-0.39, 0.29) is 12.5 Å². The van der Waals surface area contributed by atoms with E-state index in [2.05, 4.69) is 4.74 Å². The molecular formula is C9H15F3O3. The average molecular weight is 228 g/mol. The van der Waals surface area contributed by atoms with E-state index in [0.717, 1.165) is 12.8 Å². The van der Waals surface area contributed by atoms with Gasteiger partial charge in [0, 0.05) is 12.5 Å². The normalized spacial score (nSPS) is 25.2. The number of aliphatic hydroxyl groups is 1. The maximum atomic E-state index is 11.7. The van der Waals surface area contributed by atoms with Crippen LogP contribution in [0.15, 0.2) is 0 Å². The van der Waals surface area contributed by atoms with Gasteiger partial charge in [-0.3, -0.25) is 0 Å². The van der Waals surface area contributed by atoms with E-state index in [4.69, 9.17) is 4.74 Å². The van der Waals surface area contributed by atoms with Crippen LogP contribution in [-0.2, 0) is 9.47 Å². The minimum absolute atomic E-state index is 0.105. The summed E-state index contributed by atoms with van der Waals surface area (Å²) in [4.78, 5) is 0. The lowest BCUT2D eigenvalue weighted by Gasteiger charge is -2.26. The van der Waals surface area contributed by atoms with Crippen molar-refractivity contribution in [3.8, 4) is 0 Å². The number of aliphatic hydroxyl groups excluding tert-OH is 1. The predicted molar refractivity (Wildman–Crippen MR) is 46.4 cm³/mol. The fraction of sp³-hybridized carbons (Fsp3) is 1.00. The Balaban J connectivity index is 2.14. The molecular weight excluding hydrogens is 213 g/mol. The van der Waals surface area contributed by atoms with Crippen LogP contribution >= 0.6 is 0 Å². The zero-order valence-corrected chi connectivity index (χ0v) is 8.29. The summed E-state index contributed by atoms with van der Waals surface area (Å²) in [6.45, 7) is -0.533. The molecule has 1 N–H and O–H groups in total. The molecule has 0 spiro atoms. The van der Waals surface area contributed by atoms with Crippen molar-refractivity contribution in [1.82, 2.24) is 0 Å². The lowest BCUT2D eigenvalue weighted by atomic mass is 9.96. The lowest BCUT2D eigenvalue weighted by molar-refractivity contribution is -0.182. The average Bonchev–Trinajstić information content (AvgIpc) is 2.17. The van der Waals surface area contributed by atoms with Crippen LogP contribution in [0.5, 0.6) is 0 Å². The van der Waals surface area contributed by atoms with Crippen LogP contribution in [0.3, 0.4) is 0 Å². The number of hydrogen-bond acceptors (Lipinski definition) is 3. The van der Waals surface area contributed by atoms with Gasteiger partial charge in [-0.15, -0.1) is 0 Å². The van der Waals surface area contributed by atoms with Crippen molar-refractivity contribution in [2.24, 2.45) is 5.92 Å². The van der Waals surface area contributed by atoms with Crippen molar-refractivity contribution in [2.45, 2.75) is 25.1 Å². The van der Waals surface area contributed by atoms with Gasteiger partial charge in [0.05, 0.1) is 19.3 Å². The minimum Gasteiger partial charge on any atom is -0.390 e. The topological polar surface area (TPSA) is 38.7 Å². The molecule has 2 atom stereocenters. The van der Waals surface area contributed by atoms with E-state index in [9.17, 15) is 18.3 Å². The van der Waals surface area contributed by atoms with Gasteiger partial charge in [-0.2, -0.15) is 13.2 Å². The van der Waals surface area contributed by atoms with Crippen LogP contribution in [-0.4, -0.2) is 43.8 Å². The molecule has 15 heavy (non-hydrogen) atoms. The first-order valence-electron chi connectivity index (χ1n) is 4.89. The van der Waals surface area contributed by atoms with Crippen LogP contribution < -0.4 is 0 Å². The molecule has 0 saturated carbocycles. The van der Waals surface area contributed by atoms with Crippen LogP contribution in [0.2, 0.25) is 0 Å². The molecule has 0 aliphatic carbocycles. The summed E-state index contributed by atoms with van der Waals surface area (Å²) >= 11 is 0. The zero-order valence-electron chi connectivity index (χ0n) is 8.29. The zero-order chi connectivity index (χ0) is 11.3. The molecule has 0 amide bonds. The van der Waals surface area contributed by atoms with Crippen LogP contribution in [0, 0.1) is 5.92 Å². The quantitative estimate of drug-likeness (QED) is 0.789. The summed E-state index contributed by atoms with van der Waals surface area (Å²) in [6, 6.07) is 0. The molecule has 2 unspecified atom stereocenters. The van der Waals surface area contributed by atoms with Gasteiger partial charge in [0.1, 0.15) is 6.61 Å². The Morgan fingerprint density at radius 1 is 1.47 bits per heavy atom. The Bertz CT molecular complexity index is 178. The lowest BCUT2D eigenvalue weighted by Crippen LogP contribution is -2.33. The number of halogens is 3. The van der Waals surface area contributed by atoms with E-state index in [1.54, 1.807) is 0 Å². The van der Waals surface area contributed by atoms with Crippen LogP contribution in [0.25, 0.3) is 0 Å². The van der Waals surface area contributed by atoms with Crippen molar-refractivity contribution in [2.75, 3.05) is 26.4 Å². The van der Waals surface area contributed by atoms with Crippen molar-refractivity contribution >= 4 is 0 Å². The molecule has 90 valence electrons. The van der Waals surface area contributed by atoms with E-state index in [1.807, 2.05) is 0 Å². The number of hydrogen-bond donors (Lipinski definition) is 1. The summed E-state index contributed by atoms with van der Waals surface area (Å²) in [5, 5.41) is 9.50. The van der Waals surface area contributed by atoms with Gasteiger partial charge in [0.15, 0.2) is 0 Å². The second kappa shape index (κ2) is 5.67. The van der Waals surface area contributed by atoms with Gasteiger partial charge in [-0.25, -0.2) is 0 Å². The van der Waals surface area contributed by atoms with Gasteiger partial charge in [0.2, 0.25) is 0 Å². The van der Waals surface area contributed by atoms with Crippen molar-refractivity contribution in [1.29, 1.82) is 0 Å². The van der Waals surface area contributed by atoms with Crippen LogP contribution in [0.4, 0.5) is 13.2 Å². The van der Waals surface area contributed by atoms with Gasteiger partial charge in [-0.05, 0) is 12.8 Å². The minimum atomic E-state index is -4.33. The summed E-state index contributed by atoms with van der Waals surface area (Å²) in [6.07, 6.45) is -3.59. The molecule has 0 aromatic heterocycles. The molecule has 0 aromatic rings. The molecule has 6 heteroatoms. The summed E-state index contributed by atoms with van der Waals surface area (Å²) in [7, 11) is 0. The summed E-state index contributed by atoms with van der Waals surface area (Å²) in [5.41, 5.74) is 0. The highest BCUT2D eigenvalue weighted by Crippen LogP contribution is 2.19. The Morgan fingerprint density at radius 2 is 2.20 bits per heavy atom. The molecule has 1 saturated heterocycles. The van der Waals surface area contributed by atoms with Gasteiger partial charge in [-0.1, -0.05) is 0 Å². The second-order valence-corrected chi connectivity index (χ2v) is 3.67. The molecule has 0 bridgehead atoms. The highest BCUT2D eigenvalue weighted by atomic mass is 19.4. The van der Waals surface area contributed by atoms with E-state index in [0.29, 0.717) is 13.2 Å². The molecule has 1 rings (SSSR count). The molecule has 1 fully saturated rings. The van der Waals surface area contributed by atoms with Gasteiger partial charge in [0.25, 0.3) is 0 Å². The van der Waals surface area contributed by atoms with E-state index >= 15 is 0 Å². The second-order valence-electron chi connectivity index (χ2n) is 3.67. The predicted octanol–water partition coefficient (Wildman–Crippen LogP) is 1.35. The third-order valence-electron chi connectivity index (χ3n) is 2.29. The molecule has 3 nitrogen and oxygen atoms in total. The summed E-state index contributed by atoms with van der Waals surface area (Å²) in [5.74, 6) is -0.105. The van der Waals surface area contributed by atoms with E-state index in [1.165, 1.54) is 0 Å². The van der Waals surface area contributed by atoms with E-state index < -0.39 is 18.9 Å². The maximum absolute atomic E-state index is 11.7. The highest BCUT2D eigenvalue weighted by Gasteiger charge is 2.29. The Morgan fingerprint density at radius 3 is 2.73 bits per heavy atom. The Hall–Kier alpha value is -0.330. The van der Waals surface area contributed by atoms with Crippen LogP contribution in [0.1, 0.15) is 12.8 Å². The molecule has 0 radical (unpaired) electrons. The molecule has 1 heterocycles. The Kier molecular flexibility index (Phi) is 4.82. The first kappa shape index (κ1) is 12.7. The SMILES string of the molecule is OC(COCC(F)(F)F)C1CCCOC1. The smallest absolute Gasteiger partial charge is 0.390 e. The number of ether oxygens (including phenoxy) is 2. The number of rotatable bonds is 4. The van der Waals surface area contributed by atoms with Crippen molar-refractivity contribution in [3.05, 3.63) is 0 Å². The summed E-state index contributed by atoms with van der Waals surface area (Å²) < 4.78 is 44.6. The standard InChI is InChI=1S/C9H15F3O3/c10-9(11,12)6-15-5-8(13)7-2-1-3-14-4-7/h7-8,13H,1-6H2. The molecule has 1 aliphatic rings. The maximum Gasteiger partial charge on any atom is 0.411 e. The molecule has 1 aliphatic heterocycles. The third-order valence-corrected chi connectivity index (χ3v) is 2.29. The molecule has 0 aromatic carbocycles. The fourth-order valence-electron chi connectivity index (χ4n) is 1.50. The van der Waals surface area contributed by atoms with Gasteiger partial charge < -0.3 is 14.6 Å². The monoisotopic (exact) mass is 228 g/mol. The largest absolute Gasteiger partial charge is 0.411 e.